The Balaban J connectivity index is 1.66. The molecule has 1 fully saturated rings. The molecule has 0 N–H and O–H groups in total. The number of likely N-dealkylation sites (N-methyl/N-ethyl adjacent to an activating group) is 1. The molecule has 2 aromatic rings. The van der Waals surface area contributed by atoms with Crippen LogP contribution in [0.1, 0.15) is 22.3 Å². The van der Waals surface area contributed by atoms with Gasteiger partial charge in [-0.05, 0) is 48.4 Å². The number of amides is 2. The van der Waals surface area contributed by atoms with Gasteiger partial charge in [0.15, 0.2) is 0 Å². The Kier molecular flexibility index (Phi) is 4.29. The highest BCUT2D eigenvalue weighted by Gasteiger charge is 2.54. The lowest BCUT2D eigenvalue weighted by atomic mass is 9.81. The maximum atomic E-state index is 13.2. The summed E-state index contributed by atoms with van der Waals surface area (Å²) in [5, 5.41) is 0. The van der Waals surface area contributed by atoms with Crippen molar-refractivity contribution in [2.75, 3.05) is 51.1 Å². The van der Waals surface area contributed by atoms with Crippen LogP contribution in [-0.4, -0.2) is 58.1 Å². The van der Waals surface area contributed by atoms with E-state index >= 15 is 0 Å². The third-order valence-corrected chi connectivity index (χ3v) is 5.96. The van der Waals surface area contributed by atoms with E-state index in [1.165, 1.54) is 0 Å². The fourth-order valence-electron chi connectivity index (χ4n) is 4.34. The quantitative estimate of drug-likeness (QED) is 0.822. The van der Waals surface area contributed by atoms with Gasteiger partial charge in [0.2, 0.25) is 5.91 Å². The fourth-order valence-corrected chi connectivity index (χ4v) is 4.34. The van der Waals surface area contributed by atoms with E-state index in [1.807, 2.05) is 61.5 Å². The summed E-state index contributed by atoms with van der Waals surface area (Å²) in [6, 6.07) is 13.3. The lowest BCUT2D eigenvalue weighted by Gasteiger charge is -2.24. The average Bonchev–Trinajstić information content (AvgIpc) is 3.25. The predicted molar refractivity (Wildman–Crippen MR) is 109 cm³/mol. The second kappa shape index (κ2) is 6.55. The lowest BCUT2D eigenvalue weighted by Crippen LogP contribution is -2.42. The molecule has 2 amide bonds. The molecule has 0 aliphatic carbocycles. The number of carbonyl (C=O) groups excluding carboxylic acids is 2. The summed E-state index contributed by atoms with van der Waals surface area (Å²) in [6.07, 6.45) is 0.620. The molecule has 1 spiro atoms. The molecule has 2 heterocycles. The van der Waals surface area contributed by atoms with Gasteiger partial charge in [0.1, 0.15) is 5.75 Å². The van der Waals surface area contributed by atoms with Gasteiger partial charge in [-0.3, -0.25) is 9.59 Å². The topological polar surface area (TPSA) is 53.1 Å². The van der Waals surface area contributed by atoms with Crippen LogP contribution >= 0.6 is 0 Å². The van der Waals surface area contributed by atoms with Crippen molar-refractivity contribution < 1.29 is 14.3 Å². The van der Waals surface area contributed by atoms with Crippen molar-refractivity contribution in [1.82, 2.24) is 4.90 Å². The zero-order chi connectivity index (χ0) is 20.1. The first-order valence-corrected chi connectivity index (χ1v) is 9.41. The van der Waals surface area contributed by atoms with Crippen LogP contribution in [0.4, 0.5) is 11.4 Å². The van der Waals surface area contributed by atoms with Crippen molar-refractivity contribution in [3.05, 3.63) is 53.6 Å². The van der Waals surface area contributed by atoms with Gasteiger partial charge in [0.25, 0.3) is 5.91 Å². The van der Waals surface area contributed by atoms with E-state index < -0.39 is 5.41 Å². The molecule has 0 bridgehead atoms. The van der Waals surface area contributed by atoms with Crippen LogP contribution < -0.4 is 14.5 Å². The van der Waals surface area contributed by atoms with Gasteiger partial charge >= 0.3 is 0 Å². The van der Waals surface area contributed by atoms with Crippen molar-refractivity contribution >= 4 is 23.2 Å². The van der Waals surface area contributed by atoms with E-state index in [4.69, 9.17) is 4.74 Å². The van der Waals surface area contributed by atoms with Crippen LogP contribution in [0.3, 0.4) is 0 Å². The van der Waals surface area contributed by atoms with Crippen LogP contribution in [0.15, 0.2) is 42.5 Å². The maximum absolute atomic E-state index is 13.2. The molecule has 6 heteroatoms. The first kappa shape index (κ1) is 18.3. The average molecular weight is 379 g/mol. The van der Waals surface area contributed by atoms with E-state index in [1.54, 1.807) is 24.0 Å². The number of hydrogen-bond acceptors (Lipinski definition) is 4. The molecule has 1 saturated heterocycles. The highest BCUT2D eigenvalue weighted by atomic mass is 16.5. The third-order valence-electron chi connectivity index (χ3n) is 5.96. The summed E-state index contributed by atoms with van der Waals surface area (Å²) in [5.41, 5.74) is 2.79. The number of ether oxygens (including phenoxy) is 1. The van der Waals surface area contributed by atoms with Crippen LogP contribution in [0.2, 0.25) is 0 Å². The first-order valence-electron chi connectivity index (χ1n) is 9.41. The summed E-state index contributed by atoms with van der Waals surface area (Å²) < 4.78 is 5.38. The van der Waals surface area contributed by atoms with E-state index in [9.17, 15) is 9.59 Å². The second-order valence-electron chi connectivity index (χ2n) is 7.75. The molecule has 2 aliphatic rings. The molecular weight excluding hydrogens is 354 g/mol. The highest BCUT2D eigenvalue weighted by molar-refractivity contribution is 6.09. The highest BCUT2D eigenvalue weighted by Crippen LogP contribution is 2.48. The summed E-state index contributed by atoms with van der Waals surface area (Å²) in [5.74, 6) is 0.741. The molecular formula is C22H25N3O3. The van der Waals surface area contributed by atoms with Gasteiger partial charge < -0.3 is 19.4 Å². The summed E-state index contributed by atoms with van der Waals surface area (Å²) in [7, 11) is 7.32. The Morgan fingerprint density at radius 3 is 2.68 bits per heavy atom. The Morgan fingerprint density at radius 2 is 1.96 bits per heavy atom. The van der Waals surface area contributed by atoms with Crippen LogP contribution in [0.5, 0.6) is 5.75 Å². The molecule has 0 radical (unpaired) electrons. The van der Waals surface area contributed by atoms with Gasteiger partial charge in [-0.15, -0.1) is 0 Å². The van der Waals surface area contributed by atoms with Gasteiger partial charge in [0, 0.05) is 51.2 Å². The maximum Gasteiger partial charge on any atom is 0.253 e. The number of benzene rings is 2. The second-order valence-corrected chi connectivity index (χ2v) is 7.75. The van der Waals surface area contributed by atoms with Crippen molar-refractivity contribution in [2.24, 2.45) is 0 Å². The largest absolute Gasteiger partial charge is 0.497 e. The van der Waals surface area contributed by atoms with Crippen molar-refractivity contribution in [1.29, 1.82) is 0 Å². The molecule has 4 rings (SSSR count). The molecule has 28 heavy (non-hydrogen) atoms. The first-order chi connectivity index (χ1) is 13.4. The summed E-state index contributed by atoms with van der Waals surface area (Å²) in [4.78, 5) is 31.8. The third kappa shape index (κ3) is 2.63. The zero-order valence-electron chi connectivity index (χ0n) is 16.7. The van der Waals surface area contributed by atoms with Gasteiger partial charge in [-0.1, -0.05) is 6.07 Å². The van der Waals surface area contributed by atoms with Gasteiger partial charge in [0.05, 0.1) is 12.5 Å². The van der Waals surface area contributed by atoms with E-state index in [2.05, 4.69) is 0 Å². The molecule has 2 aromatic carbocycles. The van der Waals surface area contributed by atoms with Gasteiger partial charge in [-0.2, -0.15) is 0 Å². The number of rotatable bonds is 3. The zero-order valence-corrected chi connectivity index (χ0v) is 16.7. The SMILES string of the molecule is COc1ccc2c(c1)[C@@]1(CCN(C(=O)c3cccc(N(C)C)c3)C1)C(=O)N2C. The van der Waals surface area contributed by atoms with Crippen molar-refractivity contribution in [2.45, 2.75) is 11.8 Å². The molecule has 0 saturated carbocycles. The minimum Gasteiger partial charge on any atom is -0.497 e. The molecule has 2 aliphatic heterocycles. The number of likely N-dealkylation sites (tertiary alicyclic amines) is 1. The van der Waals surface area contributed by atoms with Crippen molar-refractivity contribution in [3.63, 3.8) is 0 Å². The fraction of sp³-hybridized carbons (Fsp3) is 0.364. The van der Waals surface area contributed by atoms with Crippen molar-refractivity contribution in [3.8, 4) is 5.75 Å². The number of fused-ring (bicyclic) bond motifs is 2. The van der Waals surface area contributed by atoms with Crippen LogP contribution in [-0.2, 0) is 10.2 Å². The minimum atomic E-state index is -0.687. The minimum absolute atomic E-state index is 0.0348. The Labute approximate surface area is 165 Å². The number of methoxy groups -OCH3 is 1. The number of nitrogens with zero attached hydrogens (tertiary/aromatic N) is 3. The molecule has 0 unspecified atom stereocenters. The standard InChI is InChI=1S/C22H25N3O3/c1-23(2)16-7-5-6-15(12-16)20(26)25-11-10-22(14-25)18-13-17(28-4)8-9-19(18)24(3)21(22)27/h5-9,12-13H,10-11,14H2,1-4H3/t22-/m0/s1. The summed E-state index contributed by atoms with van der Waals surface area (Å²) in [6.45, 7) is 0.947. The van der Waals surface area contributed by atoms with Gasteiger partial charge in [-0.25, -0.2) is 0 Å². The normalized spacial score (nSPS) is 20.6. The Hall–Kier alpha value is -3.02. The van der Waals surface area contributed by atoms with E-state index in [0.29, 0.717) is 25.1 Å². The molecule has 1 atom stereocenters. The molecule has 0 aromatic heterocycles. The predicted octanol–water partition coefficient (Wildman–Crippen LogP) is 2.52. The smallest absolute Gasteiger partial charge is 0.253 e. The molecule has 6 nitrogen and oxygen atoms in total. The number of hydrogen-bond donors (Lipinski definition) is 0. The summed E-state index contributed by atoms with van der Waals surface area (Å²) >= 11 is 0. The molecule has 146 valence electrons. The van der Waals surface area contributed by atoms with E-state index in [0.717, 1.165) is 22.7 Å². The van der Waals surface area contributed by atoms with Crippen LogP contribution in [0.25, 0.3) is 0 Å². The number of carbonyl (C=O) groups is 2. The monoisotopic (exact) mass is 379 g/mol. The van der Waals surface area contributed by atoms with Crippen LogP contribution in [0, 0.1) is 0 Å². The van der Waals surface area contributed by atoms with E-state index in [-0.39, 0.29) is 11.8 Å². The Bertz CT molecular complexity index is 956. The Morgan fingerprint density at radius 1 is 1.18 bits per heavy atom. The number of anilines is 2. The lowest BCUT2D eigenvalue weighted by molar-refractivity contribution is -0.122.